The molecule has 0 heterocycles. The lowest BCUT2D eigenvalue weighted by atomic mass is 10.0. The summed E-state index contributed by atoms with van der Waals surface area (Å²) in [5, 5.41) is 4.13. The van der Waals surface area contributed by atoms with E-state index in [9.17, 15) is 4.79 Å². The molecule has 0 aromatic heterocycles. The molecular weight excluding hydrogens is 293 g/mol. The van der Waals surface area contributed by atoms with Crippen molar-refractivity contribution in [3.8, 4) is 11.1 Å². The summed E-state index contributed by atoms with van der Waals surface area (Å²) in [6, 6.07) is 11.3. The molecule has 0 bridgehead atoms. The molecule has 0 aliphatic carbocycles. The number of carbonyl (C=O) groups is 1. The van der Waals surface area contributed by atoms with Crippen LogP contribution in [0, 0.1) is 6.92 Å². The van der Waals surface area contributed by atoms with Crippen LogP contribution in [0.15, 0.2) is 36.4 Å². The van der Waals surface area contributed by atoms with E-state index in [1.165, 1.54) is 0 Å². The summed E-state index contributed by atoms with van der Waals surface area (Å²) in [6.45, 7) is 3.69. The van der Waals surface area contributed by atoms with Crippen molar-refractivity contribution in [3.63, 3.8) is 0 Å². The monoisotopic (exact) mass is 307 g/mol. The molecule has 1 amide bonds. The van der Waals surface area contributed by atoms with Crippen molar-refractivity contribution in [2.75, 3.05) is 5.32 Å². The topological polar surface area (TPSA) is 29.1 Å². The maximum absolute atomic E-state index is 11.6. The molecule has 2 aromatic rings. The molecule has 4 heteroatoms. The van der Waals surface area contributed by atoms with Gasteiger partial charge in [0.1, 0.15) is 0 Å². The first kappa shape index (κ1) is 14.9. The number of anilines is 1. The molecule has 0 aliphatic rings. The zero-order valence-electron chi connectivity index (χ0n) is 11.3. The Morgan fingerprint density at radius 3 is 2.50 bits per heavy atom. The molecule has 0 radical (unpaired) electrons. The Balaban J connectivity index is 2.53. The molecule has 0 saturated heterocycles. The van der Waals surface area contributed by atoms with Gasteiger partial charge in [-0.2, -0.15) is 0 Å². The van der Waals surface area contributed by atoms with Crippen LogP contribution in [-0.4, -0.2) is 5.91 Å². The third-order valence-electron chi connectivity index (χ3n) is 3.13. The van der Waals surface area contributed by atoms with Gasteiger partial charge >= 0.3 is 0 Å². The standard InChI is InChI=1S/C16H15Cl2NO/c1-3-15(20)19-14-7-5-4-6-11(14)12-8-9-13(17)10(2)16(12)18/h4-9H,3H2,1-2H3,(H,19,20). The molecule has 0 atom stereocenters. The van der Waals surface area contributed by atoms with Gasteiger partial charge in [0.2, 0.25) is 5.91 Å². The number of hydrogen-bond acceptors (Lipinski definition) is 1. The van der Waals surface area contributed by atoms with Gasteiger partial charge in [-0.1, -0.05) is 54.4 Å². The zero-order chi connectivity index (χ0) is 14.7. The summed E-state index contributed by atoms with van der Waals surface area (Å²) < 4.78 is 0. The van der Waals surface area contributed by atoms with E-state index < -0.39 is 0 Å². The highest BCUT2D eigenvalue weighted by Crippen LogP contribution is 2.37. The van der Waals surface area contributed by atoms with Crippen LogP contribution in [0.4, 0.5) is 5.69 Å². The van der Waals surface area contributed by atoms with E-state index in [1.807, 2.05) is 50.2 Å². The third-order valence-corrected chi connectivity index (χ3v) is 4.03. The molecule has 0 saturated carbocycles. The SMILES string of the molecule is CCC(=O)Nc1ccccc1-c1ccc(Cl)c(C)c1Cl. The van der Waals surface area contributed by atoms with Gasteiger partial charge < -0.3 is 5.32 Å². The highest BCUT2D eigenvalue weighted by molar-refractivity contribution is 6.38. The second kappa shape index (κ2) is 6.29. The van der Waals surface area contributed by atoms with Crippen LogP contribution in [-0.2, 0) is 4.79 Å². The van der Waals surface area contributed by atoms with Crippen LogP contribution in [0.5, 0.6) is 0 Å². The van der Waals surface area contributed by atoms with Crippen LogP contribution in [0.25, 0.3) is 11.1 Å². The molecule has 2 nitrogen and oxygen atoms in total. The van der Waals surface area contributed by atoms with Gasteiger partial charge in [-0.3, -0.25) is 4.79 Å². The molecule has 0 aliphatic heterocycles. The Labute approximate surface area is 128 Å². The number of rotatable bonds is 3. The normalized spacial score (nSPS) is 10.4. The quantitative estimate of drug-likeness (QED) is 0.817. The lowest BCUT2D eigenvalue weighted by Crippen LogP contribution is -2.10. The van der Waals surface area contributed by atoms with Crippen molar-refractivity contribution < 1.29 is 4.79 Å². The zero-order valence-corrected chi connectivity index (χ0v) is 12.8. The lowest BCUT2D eigenvalue weighted by Gasteiger charge is -2.13. The third kappa shape index (κ3) is 2.97. The molecular formula is C16H15Cl2NO. The first-order chi connectivity index (χ1) is 9.54. The number of hydrogen-bond donors (Lipinski definition) is 1. The highest BCUT2D eigenvalue weighted by atomic mass is 35.5. The van der Waals surface area contributed by atoms with Crippen molar-refractivity contribution in [3.05, 3.63) is 52.0 Å². The molecule has 2 aromatic carbocycles. The van der Waals surface area contributed by atoms with E-state index in [-0.39, 0.29) is 5.91 Å². The van der Waals surface area contributed by atoms with E-state index in [0.29, 0.717) is 16.5 Å². The van der Waals surface area contributed by atoms with Crippen LogP contribution in [0.1, 0.15) is 18.9 Å². The molecule has 0 unspecified atom stereocenters. The van der Waals surface area contributed by atoms with Gasteiger partial charge in [0.05, 0.1) is 5.02 Å². The fraction of sp³-hybridized carbons (Fsp3) is 0.188. The van der Waals surface area contributed by atoms with Gasteiger partial charge in [-0.15, -0.1) is 0 Å². The Kier molecular flexibility index (Phi) is 4.69. The van der Waals surface area contributed by atoms with Crippen molar-refractivity contribution >= 4 is 34.8 Å². The molecule has 1 N–H and O–H groups in total. The van der Waals surface area contributed by atoms with Crippen LogP contribution < -0.4 is 5.32 Å². The summed E-state index contributed by atoms with van der Waals surface area (Å²) in [7, 11) is 0. The Hall–Kier alpha value is -1.51. The summed E-state index contributed by atoms with van der Waals surface area (Å²) in [5.41, 5.74) is 3.34. The summed E-state index contributed by atoms with van der Waals surface area (Å²) in [6.07, 6.45) is 0.432. The second-order valence-electron chi connectivity index (χ2n) is 4.48. The Bertz CT molecular complexity index is 653. The van der Waals surface area contributed by atoms with E-state index in [2.05, 4.69) is 5.32 Å². The van der Waals surface area contributed by atoms with Crippen molar-refractivity contribution in [2.24, 2.45) is 0 Å². The van der Waals surface area contributed by atoms with Gasteiger partial charge in [0, 0.05) is 28.3 Å². The number of benzene rings is 2. The van der Waals surface area contributed by atoms with Crippen molar-refractivity contribution in [1.29, 1.82) is 0 Å². The van der Waals surface area contributed by atoms with E-state index >= 15 is 0 Å². The first-order valence-electron chi connectivity index (χ1n) is 6.38. The maximum atomic E-state index is 11.6. The number of carbonyl (C=O) groups excluding carboxylic acids is 1. The van der Waals surface area contributed by atoms with Crippen LogP contribution in [0.2, 0.25) is 10.0 Å². The Morgan fingerprint density at radius 2 is 1.80 bits per heavy atom. The minimum atomic E-state index is -0.0285. The van der Waals surface area contributed by atoms with E-state index in [4.69, 9.17) is 23.2 Å². The number of halogens is 2. The molecule has 0 spiro atoms. The highest BCUT2D eigenvalue weighted by Gasteiger charge is 2.13. The lowest BCUT2D eigenvalue weighted by molar-refractivity contribution is -0.115. The summed E-state index contributed by atoms with van der Waals surface area (Å²) in [5.74, 6) is -0.0285. The predicted octanol–water partition coefficient (Wildman–Crippen LogP) is 5.32. The number of para-hydroxylation sites is 1. The van der Waals surface area contributed by atoms with Gasteiger partial charge in [0.25, 0.3) is 0 Å². The van der Waals surface area contributed by atoms with Gasteiger partial charge in [-0.05, 0) is 24.6 Å². The van der Waals surface area contributed by atoms with Crippen LogP contribution in [0.3, 0.4) is 0 Å². The number of nitrogens with one attached hydrogen (secondary N) is 1. The van der Waals surface area contributed by atoms with Crippen molar-refractivity contribution in [2.45, 2.75) is 20.3 Å². The Morgan fingerprint density at radius 1 is 1.10 bits per heavy atom. The maximum Gasteiger partial charge on any atom is 0.224 e. The van der Waals surface area contributed by atoms with Gasteiger partial charge in [0.15, 0.2) is 0 Å². The average Bonchev–Trinajstić information content (AvgIpc) is 2.46. The first-order valence-corrected chi connectivity index (χ1v) is 7.14. The molecule has 0 fully saturated rings. The van der Waals surface area contributed by atoms with Crippen LogP contribution >= 0.6 is 23.2 Å². The second-order valence-corrected chi connectivity index (χ2v) is 5.27. The smallest absolute Gasteiger partial charge is 0.224 e. The fourth-order valence-electron chi connectivity index (χ4n) is 1.94. The summed E-state index contributed by atoms with van der Waals surface area (Å²) in [4.78, 5) is 11.6. The average molecular weight is 308 g/mol. The molecule has 2 rings (SSSR count). The fourth-order valence-corrected chi connectivity index (χ4v) is 2.41. The predicted molar refractivity (Wildman–Crippen MR) is 85.6 cm³/mol. The minimum absolute atomic E-state index is 0.0285. The largest absolute Gasteiger partial charge is 0.326 e. The van der Waals surface area contributed by atoms with E-state index in [0.717, 1.165) is 22.4 Å². The van der Waals surface area contributed by atoms with E-state index in [1.54, 1.807) is 0 Å². The van der Waals surface area contributed by atoms with Crippen molar-refractivity contribution in [1.82, 2.24) is 0 Å². The molecule has 20 heavy (non-hydrogen) atoms. The number of amides is 1. The minimum Gasteiger partial charge on any atom is -0.326 e. The molecule has 104 valence electrons. The summed E-state index contributed by atoms with van der Waals surface area (Å²) >= 11 is 12.4. The van der Waals surface area contributed by atoms with Gasteiger partial charge in [-0.25, -0.2) is 0 Å².